The summed E-state index contributed by atoms with van der Waals surface area (Å²) in [6, 6.07) is 15.2. The van der Waals surface area contributed by atoms with Crippen LogP contribution in [0.25, 0.3) is 11.0 Å². The molecule has 4 aromatic rings. The van der Waals surface area contributed by atoms with Gasteiger partial charge in [-0.1, -0.05) is 32.4 Å². The van der Waals surface area contributed by atoms with E-state index < -0.39 is 0 Å². The molecule has 1 saturated heterocycles. The highest BCUT2D eigenvalue weighted by molar-refractivity contribution is 6.31. The van der Waals surface area contributed by atoms with Crippen LogP contribution in [0.4, 0.5) is 17.5 Å². The molecule has 0 spiro atoms. The number of aryl methyl sites for hydroxylation is 1. The van der Waals surface area contributed by atoms with Gasteiger partial charge in [-0.05, 0) is 73.3 Å². The fourth-order valence-electron chi connectivity index (χ4n) is 5.13. The van der Waals surface area contributed by atoms with Crippen LogP contribution in [0.5, 0.6) is 11.5 Å². The minimum atomic E-state index is -0.0819. The fourth-order valence-corrected chi connectivity index (χ4v) is 5.53. The fraction of sp³-hybridized carbons (Fsp3) is 0.387. The third-order valence-corrected chi connectivity index (χ3v) is 7.81. The molecule has 1 amide bonds. The van der Waals surface area contributed by atoms with Crippen LogP contribution in [0.1, 0.15) is 39.2 Å². The normalized spacial score (nSPS) is 14.8. The van der Waals surface area contributed by atoms with Crippen molar-refractivity contribution >= 4 is 46.0 Å². The van der Waals surface area contributed by atoms with Crippen molar-refractivity contribution in [2.45, 2.75) is 39.0 Å². The van der Waals surface area contributed by atoms with E-state index in [1.165, 1.54) is 0 Å². The molecule has 0 radical (unpaired) electrons. The first-order valence-corrected chi connectivity index (χ1v) is 14.3. The number of hydrogen-bond donors (Lipinski definition) is 3. The lowest BCUT2D eigenvalue weighted by atomic mass is 9.87. The van der Waals surface area contributed by atoms with Crippen LogP contribution >= 0.6 is 11.6 Å². The number of rotatable bonds is 8. The van der Waals surface area contributed by atoms with E-state index in [0.29, 0.717) is 29.8 Å². The van der Waals surface area contributed by atoms with Crippen LogP contribution in [0, 0.1) is 5.92 Å². The molecule has 216 valence electrons. The van der Waals surface area contributed by atoms with Crippen LogP contribution in [0.2, 0.25) is 5.02 Å². The van der Waals surface area contributed by atoms with Crippen molar-refractivity contribution in [3.63, 3.8) is 0 Å². The lowest BCUT2D eigenvalue weighted by Crippen LogP contribution is -2.39. The Balaban J connectivity index is 1.27. The number of imidazole rings is 1. The van der Waals surface area contributed by atoms with Gasteiger partial charge in [0.1, 0.15) is 17.3 Å². The van der Waals surface area contributed by atoms with Gasteiger partial charge in [0.25, 0.3) is 0 Å². The average Bonchev–Trinajstić information content (AvgIpc) is 3.24. The number of aliphatic hydroxyl groups is 1. The third kappa shape index (κ3) is 6.81. The van der Waals surface area contributed by atoms with Crippen molar-refractivity contribution in [1.29, 1.82) is 0 Å². The predicted octanol–water partition coefficient (Wildman–Crippen LogP) is 6.10. The molecule has 0 atom stereocenters. The lowest BCUT2D eigenvalue weighted by molar-refractivity contribution is -0.121. The SMILES string of the molecule is Cn1c(Nc2ccc(Cl)c(C(C)(C)C)c2)nc2cc(Oc3ccnc(NC(=O)C4CCN(CCO)CC4)c3)ccc21. The van der Waals surface area contributed by atoms with Crippen molar-refractivity contribution in [2.75, 3.05) is 36.9 Å². The number of benzene rings is 2. The largest absolute Gasteiger partial charge is 0.457 e. The Morgan fingerprint density at radius 2 is 1.85 bits per heavy atom. The van der Waals surface area contributed by atoms with Gasteiger partial charge in [0.2, 0.25) is 11.9 Å². The van der Waals surface area contributed by atoms with Crippen LogP contribution in [0.15, 0.2) is 54.7 Å². The Morgan fingerprint density at radius 1 is 1.10 bits per heavy atom. The Kier molecular flexibility index (Phi) is 8.49. The van der Waals surface area contributed by atoms with Crippen molar-refractivity contribution in [3.8, 4) is 11.5 Å². The first-order valence-electron chi connectivity index (χ1n) is 13.9. The molecular weight excluding hydrogens is 540 g/mol. The summed E-state index contributed by atoms with van der Waals surface area (Å²) in [6.07, 6.45) is 3.14. The number of ether oxygens (including phenoxy) is 1. The number of anilines is 3. The maximum Gasteiger partial charge on any atom is 0.228 e. The van der Waals surface area contributed by atoms with Gasteiger partial charge in [-0.15, -0.1) is 0 Å². The maximum atomic E-state index is 12.8. The number of pyridine rings is 1. The number of β-amino-alcohol motifs (C(OH)–C–C–N with tert-alkyl or cyclic N) is 1. The Hall–Kier alpha value is -3.66. The molecular formula is C31H37ClN6O3. The van der Waals surface area contributed by atoms with Crippen LogP contribution in [-0.4, -0.2) is 56.7 Å². The topological polar surface area (TPSA) is 105 Å². The molecule has 2 aromatic carbocycles. The quantitative estimate of drug-likeness (QED) is 0.233. The number of halogens is 1. The monoisotopic (exact) mass is 576 g/mol. The van der Waals surface area contributed by atoms with Crippen LogP contribution < -0.4 is 15.4 Å². The summed E-state index contributed by atoms with van der Waals surface area (Å²) in [6.45, 7) is 8.82. The van der Waals surface area contributed by atoms with E-state index >= 15 is 0 Å². The Bertz CT molecular complexity index is 1540. The molecule has 41 heavy (non-hydrogen) atoms. The van der Waals surface area contributed by atoms with Gasteiger partial charge < -0.3 is 29.9 Å². The highest BCUT2D eigenvalue weighted by Crippen LogP contribution is 2.33. The van der Waals surface area contributed by atoms with E-state index in [2.05, 4.69) is 47.4 Å². The zero-order valence-corrected chi connectivity index (χ0v) is 24.7. The molecule has 3 heterocycles. The van der Waals surface area contributed by atoms with Crippen molar-refractivity contribution in [3.05, 3.63) is 65.3 Å². The number of aromatic nitrogens is 3. The highest BCUT2D eigenvalue weighted by atomic mass is 35.5. The molecule has 0 saturated carbocycles. The second-order valence-electron chi connectivity index (χ2n) is 11.5. The lowest BCUT2D eigenvalue weighted by Gasteiger charge is -2.30. The van der Waals surface area contributed by atoms with Gasteiger partial charge in [0.05, 0.1) is 17.6 Å². The molecule has 0 aliphatic carbocycles. The molecule has 10 heteroatoms. The molecule has 9 nitrogen and oxygen atoms in total. The van der Waals surface area contributed by atoms with Gasteiger partial charge in [-0.3, -0.25) is 4.79 Å². The Labute approximate surface area is 245 Å². The van der Waals surface area contributed by atoms with Crippen LogP contribution in [-0.2, 0) is 17.3 Å². The van der Waals surface area contributed by atoms with Crippen molar-refractivity contribution < 1.29 is 14.6 Å². The predicted molar refractivity (Wildman–Crippen MR) is 163 cm³/mol. The number of piperidine rings is 1. The summed E-state index contributed by atoms with van der Waals surface area (Å²) < 4.78 is 8.12. The number of likely N-dealkylation sites (tertiary alicyclic amines) is 1. The number of hydrogen-bond acceptors (Lipinski definition) is 7. The van der Waals surface area contributed by atoms with E-state index in [1.807, 2.05) is 41.9 Å². The van der Waals surface area contributed by atoms with E-state index in [9.17, 15) is 4.79 Å². The number of fused-ring (bicyclic) bond motifs is 1. The first kappa shape index (κ1) is 28.9. The number of nitrogens with zero attached hydrogens (tertiary/aromatic N) is 4. The number of carbonyl (C=O) groups excluding carboxylic acids is 1. The molecule has 2 aromatic heterocycles. The first-order chi connectivity index (χ1) is 19.6. The highest BCUT2D eigenvalue weighted by Gasteiger charge is 2.25. The second kappa shape index (κ2) is 12.1. The van der Waals surface area contributed by atoms with Crippen molar-refractivity contribution in [2.24, 2.45) is 13.0 Å². The second-order valence-corrected chi connectivity index (χ2v) is 11.9. The third-order valence-electron chi connectivity index (χ3n) is 7.48. The zero-order chi connectivity index (χ0) is 29.1. The van der Waals surface area contributed by atoms with Gasteiger partial charge in [-0.2, -0.15) is 0 Å². The minimum absolute atomic E-state index is 0.0384. The molecule has 1 aliphatic heterocycles. The number of aliphatic hydroxyl groups excluding tert-OH is 1. The summed E-state index contributed by atoms with van der Waals surface area (Å²) in [5.74, 6) is 2.24. The van der Waals surface area contributed by atoms with Gasteiger partial charge in [-0.25, -0.2) is 9.97 Å². The van der Waals surface area contributed by atoms with Gasteiger partial charge in [0.15, 0.2) is 0 Å². The van der Waals surface area contributed by atoms with E-state index in [-0.39, 0.29) is 23.8 Å². The van der Waals surface area contributed by atoms with E-state index in [0.717, 1.165) is 53.2 Å². The number of amides is 1. The van der Waals surface area contributed by atoms with Gasteiger partial charge in [0, 0.05) is 48.5 Å². The van der Waals surface area contributed by atoms with E-state index in [4.69, 9.17) is 26.4 Å². The standard InChI is InChI=1S/C31H37ClN6O3/c1-31(2,3)24-17-21(5-7-25(24)32)34-30-35-26-18-22(6-8-27(26)37(30)4)41-23-9-12-33-28(19-23)36-29(40)20-10-13-38(14-11-20)15-16-39/h5-9,12,17-20,39H,10-11,13-16H2,1-4H3,(H,34,35)(H,33,36,40). The summed E-state index contributed by atoms with van der Waals surface area (Å²) in [7, 11) is 1.97. The molecule has 1 aliphatic rings. The molecule has 1 fully saturated rings. The summed E-state index contributed by atoms with van der Waals surface area (Å²) in [4.78, 5) is 24.1. The molecule has 3 N–H and O–H groups in total. The zero-order valence-electron chi connectivity index (χ0n) is 23.9. The van der Waals surface area contributed by atoms with E-state index in [1.54, 1.807) is 18.3 Å². The average molecular weight is 577 g/mol. The smallest absolute Gasteiger partial charge is 0.228 e. The summed E-state index contributed by atoms with van der Waals surface area (Å²) >= 11 is 6.45. The molecule has 5 rings (SSSR count). The number of nitrogens with one attached hydrogen (secondary N) is 2. The maximum absolute atomic E-state index is 12.8. The van der Waals surface area contributed by atoms with Gasteiger partial charge >= 0.3 is 0 Å². The summed E-state index contributed by atoms with van der Waals surface area (Å²) in [5.41, 5.74) is 3.64. The van der Waals surface area contributed by atoms with Crippen molar-refractivity contribution in [1.82, 2.24) is 19.4 Å². The Morgan fingerprint density at radius 3 is 2.59 bits per heavy atom. The minimum Gasteiger partial charge on any atom is -0.457 e. The molecule has 0 unspecified atom stereocenters. The summed E-state index contributed by atoms with van der Waals surface area (Å²) in [5, 5.41) is 16.2. The number of carbonyl (C=O) groups is 1. The molecule has 0 bridgehead atoms. The van der Waals surface area contributed by atoms with Crippen LogP contribution in [0.3, 0.4) is 0 Å².